The zero-order valence-electron chi connectivity index (χ0n) is 22.7. The normalized spacial score (nSPS) is 11.6. The molecule has 0 saturated carbocycles. The molecule has 0 aliphatic rings. The maximum absolute atomic E-state index is 6.68. The summed E-state index contributed by atoms with van der Waals surface area (Å²) in [6, 6.07) is 26.9. The highest BCUT2D eigenvalue weighted by molar-refractivity contribution is 6.35. The van der Waals surface area contributed by atoms with Crippen molar-refractivity contribution in [2.45, 2.75) is 59.3 Å². The van der Waals surface area contributed by atoms with Crippen molar-refractivity contribution in [3.8, 4) is 5.75 Å². The van der Waals surface area contributed by atoms with Crippen molar-refractivity contribution in [3.05, 3.63) is 106 Å². The van der Waals surface area contributed by atoms with Crippen LogP contribution in [0, 0.1) is 0 Å². The average molecular weight is 561 g/mol. The first-order valence-corrected chi connectivity index (χ1v) is 14.6. The molecule has 6 heteroatoms. The van der Waals surface area contributed by atoms with Crippen molar-refractivity contribution < 1.29 is 4.74 Å². The Morgan fingerprint density at radius 3 is 2.49 bits per heavy atom. The van der Waals surface area contributed by atoms with Gasteiger partial charge in [0.1, 0.15) is 11.6 Å². The molecule has 0 fully saturated rings. The van der Waals surface area contributed by atoms with Crippen LogP contribution in [0.5, 0.6) is 5.75 Å². The number of ether oxygens (including phenoxy) is 1. The van der Waals surface area contributed by atoms with Crippen molar-refractivity contribution in [1.82, 2.24) is 14.5 Å². The molecule has 0 amide bonds. The second kappa shape index (κ2) is 12.9. The smallest absolute Gasteiger partial charge is 0.124 e. The standard InChI is InChI=1S/C33H35Cl2N3O/c1-3-5-10-19-38-31-14-9-8-13-30(31)36-33(38)23-37(21-25-15-17-26(34)20-29(25)35)22-28-27-12-7-6-11-24(27)16-18-32(28)39-4-2/h6-9,11-18,20H,3-5,10,19,21-23H2,1-2H3. The highest BCUT2D eigenvalue weighted by Crippen LogP contribution is 2.32. The summed E-state index contributed by atoms with van der Waals surface area (Å²) in [5.74, 6) is 1.98. The molecule has 39 heavy (non-hydrogen) atoms. The Balaban J connectivity index is 1.57. The van der Waals surface area contributed by atoms with Crippen LogP contribution < -0.4 is 4.74 Å². The Bertz CT molecular complexity index is 1560. The summed E-state index contributed by atoms with van der Waals surface area (Å²) < 4.78 is 8.53. The number of rotatable bonds is 12. The maximum atomic E-state index is 6.68. The third kappa shape index (κ3) is 6.41. The van der Waals surface area contributed by atoms with Gasteiger partial charge in [-0.25, -0.2) is 4.98 Å². The molecule has 0 radical (unpaired) electrons. The molecule has 0 saturated heterocycles. The molecule has 0 unspecified atom stereocenters. The predicted molar refractivity (Wildman–Crippen MR) is 164 cm³/mol. The van der Waals surface area contributed by atoms with Crippen LogP contribution in [0.15, 0.2) is 78.9 Å². The maximum Gasteiger partial charge on any atom is 0.124 e. The topological polar surface area (TPSA) is 30.3 Å². The minimum Gasteiger partial charge on any atom is -0.494 e. The summed E-state index contributed by atoms with van der Waals surface area (Å²) >= 11 is 12.9. The second-order valence-electron chi connectivity index (χ2n) is 9.95. The number of benzene rings is 4. The van der Waals surface area contributed by atoms with Crippen LogP contribution in [0.3, 0.4) is 0 Å². The van der Waals surface area contributed by atoms with E-state index in [1.807, 2.05) is 25.1 Å². The van der Waals surface area contributed by atoms with Crippen molar-refractivity contribution in [2.75, 3.05) is 6.61 Å². The summed E-state index contributed by atoms with van der Waals surface area (Å²) in [5.41, 5.74) is 4.43. The lowest BCUT2D eigenvalue weighted by molar-refractivity contribution is 0.233. The van der Waals surface area contributed by atoms with E-state index in [1.54, 1.807) is 0 Å². The summed E-state index contributed by atoms with van der Waals surface area (Å²) in [6.45, 7) is 7.86. The first-order chi connectivity index (χ1) is 19.1. The van der Waals surface area contributed by atoms with E-state index in [2.05, 4.69) is 77.1 Å². The predicted octanol–water partition coefficient (Wildman–Crippen LogP) is 9.29. The van der Waals surface area contributed by atoms with Crippen LogP contribution in [-0.4, -0.2) is 21.1 Å². The lowest BCUT2D eigenvalue weighted by Crippen LogP contribution is -2.25. The van der Waals surface area contributed by atoms with E-state index < -0.39 is 0 Å². The molecular formula is C33H35Cl2N3O. The number of hydrogen-bond donors (Lipinski definition) is 0. The van der Waals surface area contributed by atoms with E-state index in [-0.39, 0.29) is 0 Å². The molecule has 4 nitrogen and oxygen atoms in total. The van der Waals surface area contributed by atoms with Crippen LogP contribution in [0.25, 0.3) is 21.8 Å². The molecule has 0 bridgehead atoms. The van der Waals surface area contributed by atoms with Crippen molar-refractivity contribution in [1.29, 1.82) is 0 Å². The van der Waals surface area contributed by atoms with Gasteiger partial charge >= 0.3 is 0 Å². The summed E-state index contributed by atoms with van der Waals surface area (Å²) in [7, 11) is 0. The van der Waals surface area contributed by atoms with Crippen molar-refractivity contribution in [2.24, 2.45) is 0 Å². The molecule has 0 spiro atoms. The Labute approximate surface area is 241 Å². The van der Waals surface area contributed by atoms with Gasteiger partial charge in [0, 0.05) is 35.2 Å². The zero-order chi connectivity index (χ0) is 27.2. The molecule has 1 aromatic heterocycles. The third-order valence-corrected chi connectivity index (χ3v) is 7.76. The molecule has 5 rings (SSSR count). The van der Waals surface area contributed by atoms with Gasteiger partial charge in [-0.2, -0.15) is 0 Å². The van der Waals surface area contributed by atoms with E-state index in [9.17, 15) is 0 Å². The molecular weight excluding hydrogens is 525 g/mol. The molecule has 1 heterocycles. The Kier molecular flexibility index (Phi) is 9.08. The highest BCUT2D eigenvalue weighted by Gasteiger charge is 2.19. The number of aromatic nitrogens is 2. The van der Waals surface area contributed by atoms with E-state index in [0.29, 0.717) is 36.3 Å². The van der Waals surface area contributed by atoms with Crippen molar-refractivity contribution >= 4 is 45.0 Å². The summed E-state index contributed by atoms with van der Waals surface area (Å²) in [4.78, 5) is 7.52. The van der Waals surface area contributed by atoms with Crippen molar-refractivity contribution in [3.63, 3.8) is 0 Å². The van der Waals surface area contributed by atoms with Crippen LogP contribution in [-0.2, 0) is 26.2 Å². The number of hydrogen-bond acceptors (Lipinski definition) is 3. The molecule has 4 aromatic carbocycles. The van der Waals surface area contributed by atoms with Crippen LogP contribution in [0.4, 0.5) is 0 Å². The van der Waals surface area contributed by atoms with Crippen LogP contribution >= 0.6 is 23.2 Å². The number of imidazole rings is 1. The van der Waals surface area contributed by atoms with Gasteiger partial charge in [0.25, 0.3) is 0 Å². The minimum absolute atomic E-state index is 0.613. The molecule has 0 aliphatic carbocycles. The van der Waals surface area contributed by atoms with Gasteiger partial charge < -0.3 is 9.30 Å². The first-order valence-electron chi connectivity index (χ1n) is 13.8. The monoisotopic (exact) mass is 559 g/mol. The van der Waals surface area contributed by atoms with Gasteiger partial charge in [0.05, 0.1) is 24.2 Å². The SMILES string of the molecule is CCCCCn1c(CN(Cc2ccc(Cl)cc2Cl)Cc2c(OCC)ccc3ccccc23)nc2ccccc21. The number of para-hydroxylation sites is 2. The highest BCUT2D eigenvalue weighted by atomic mass is 35.5. The largest absolute Gasteiger partial charge is 0.494 e. The van der Waals surface area contributed by atoms with E-state index in [0.717, 1.165) is 35.6 Å². The van der Waals surface area contributed by atoms with Gasteiger partial charge in [-0.3, -0.25) is 4.90 Å². The minimum atomic E-state index is 0.613. The number of aryl methyl sites for hydroxylation is 1. The number of nitrogens with zero attached hydrogens (tertiary/aromatic N) is 3. The molecule has 0 N–H and O–H groups in total. The van der Waals surface area contributed by atoms with E-state index in [4.69, 9.17) is 32.9 Å². The average Bonchev–Trinajstić information content (AvgIpc) is 3.28. The first kappa shape index (κ1) is 27.5. The molecule has 202 valence electrons. The lowest BCUT2D eigenvalue weighted by Gasteiger charge is -2.25. The van der Waals surface area contributed by atoms with E-state index >= 15 is 0 Å². The van der Waals surface area contributed by atoms with Gasteiger partial charge in [-0.1, -0.05) is 91.5 Å². The van der Waals surface area contributed by atoms with Crippen LogP contribution in [0.2, 0.25) is 10.0 Å². The molecule has 5 aromatic rings. The molecule has 0 aliphatic heterocycles. The third-order valence-electron chi connectivity index (χ3n) is 7.17. The lowest BCUT2D eigenvalue weighted by atomic mass is 10.0. The second-order valence-corrected chi connectivity index (χ2v) is 10.8. The Morgan fingerprint density at radius 2 is 1.67 bits per heavy atom. The fourth-order valence-electron chi connectivity index (χ4n) is 5.27. The summed E-state index contributed by atoms with van der Waals surface area (Å²) in [5, 5.41) is 3.71. The Hall–Kier alpha value is -3.05. The van der Waals surface area contributed by atoms with E-state index in [1.165, 1.54) is 34.7 Å². The van der Waals surface area contributed by atoms with Gasteiger partial charge in [0.15, 0.2) is 0 Å². The van der Waals surface area contributed by atoms with Gasteiger partial charge in [-0.05, 0) is 60.0 Å². The van der Waals surface area contributed by atoms with Gasteiger partial charge in [0.2, 0.25) is 0 Å². The number of unbranched alkanes of at least 4 members (excludes halogenated alkanes) is 2. The fraction of sp³-hybridized carbons (Fsp3) is 0.303. The summed E-state index contributed by atoms with van der Waals surface area (Å²) in [6.07, 6.45) is 3.51. The zero-order valence-corrected chi connectivity index (χ0v) is 24.2. The van der Waals surface area contributed by atoms with Crippen LogP contribution in [0.1, 0.15) is 50.1 Å². The number of halogens is 2. The quantitative estimate of drug-likeness (QED) is 0.143. The fourth-order valence-corrected chi connectivity index (χ4v) is 5.74. The Morgan fingerprint density at radius 1 is 0.846 bits per heavy atom. The number of fused-ring (bicyclic) bond motifs is 2. The molecule has 0 atom stereocenters. The van der Waals surface area contributed by atoms with Gasteiger partial charge in [-0.15, -0.1) is 0 Å².